The number of carboxylic acids is 1. The van der Waals surface area contributed by atoms with Crippen LogP contribution in [0.1, 0.15) is 74.8 Å². The quantitative estimate of drug-likeness (QED) is 0.339. The number of carbonyl (C=O) groups excluding carboxylic acids is 1. The fourth-order valence-corrected chi connectivity index (χ4v) is 4.35. The number of fused-ring (bicyclic) bond motifs is 3. The second kappa shape index (κ2) is 11.7. The molecule has 3 N–H and O–H groups in total. The Morgan fingerprint density at radius 3 is 1.94 bits per heavy atom. The largest absolute Gasteiger partial charge is 0.481 e. The Morgan fingerprint density at radius 2 is 1.35 bits per heavy atom. The number of ether oxygens (including phenoxy) is 1. The molecule has 0 amide bonds. The molecule has 0 aliphatic heterocycles. The van der Waals surface area contributed by atoms with Crippen molar-refractivity contribution in [1.82, 2.24) is 0 Å². The average Bonchev–Trinajstić information content (AvgIpc) is 3.09. The van der Waals surface area contributed by atoms with Gasteiger partial charge in [0.15, 0.2) is 0 Å². The Kier molecular flexibility index (Phi) is 8.65. The van der Waals surface area contributed by atoms with Crippen molar-refractivity contribution in [1.29, 1.82) is 0 Å². The van der Waals surface area contributed by atoms with E-state index < -0.39 is 12.0 Å². The van der Waals surface area contributed by atoms with E-state index in [-0.39, 0.29) is 18.3 Å². The highest BCUT2D eigenvalue weighted by Gasteiger charge is 2.29. The maximum atomic E-state index is 12.4. The Labute approximate surface area is 184 Å². The van der Waals surface area contributed by atoms with Crippen molar-refractivity contribution < 1.29 is 19.4 Å². The molecule has 1 atom stereocenters. The van der Waals surface area contributed by atoms with Gasteiger partial charge in [0.05, 0.1) is 0 Å². The highest BCUT2D eigenvalue weighted by molar-refractivity contribution is 5.79. The summed E-state index contributed by atoms with van der Waals surface area (Å²) in [6.45, 7) is 0.316. The molecule has 1 aliphatic rings. The van der Waals surface area contributed by atoms with Gasteiger partial charge in [0.2, 0.25) is 0 Å². The topological polar surface area (TPSA) is 89.6 Å². The average molecular weight is 424 g/mol. The fraction of sp³-hybridized carbons (Fsp3) is 0.462. The van der Waals surface area contributed by atoms with Crippen LogP contribution in [0.25, 0.3) is 11.1 Å². The van der Waals surface area contributed by atoms with Crippen LogP contribution in [0.3, 0.4) is 0 Å². The van der Waals surface area contributed by atoms with Crippen molar-refractivity contribution in [3.63, 3.8) is 0 Å². The molecule has 5 nitrogen and oxygen atoms in total. The lowest BCUT2D eigenvalue weighted by atomic mass is 9.98. The lowest BCUT2D eigenvalue weighted by Gasteiger charge is -2.16. The SMILES string of the molecule is N[C@@H](CCCCCCCCCC(=O)O)C(=O)OCC1c2ccccc2-c2ccccc21. The molecular weight excluding hydrogens is 390 g/mol. The highest BCUT2D eigenvalue weighted by Crippen LogP contribution is 2.44. The van der Waals surface area contributed by atoms with E-state index in [0.29, 0.717) is 13.0 Å². The molecule has 5 heteroatoms. The summed E-state index contributed by atoms with van der Waals surface area (Å²) in [5.74, 6) is -0.984. The summed E-state index contributed by atoms with van der Waals surface area (Å²) < 4.78 is 5.63. The van der Waals surface area contributed by atoms with Crippen LogP contribution in [-0.4, -0.2) is 29.7 Å². The molecule has 0 saturated carbocycles. The van der Waals surface area contributed by atoms with Crippen molar-refractivity contribution in [3.8, 4) is 11.1 Å². The third-order valence-corrected chi connectivity index (χ3v) is 6.06. The van der Waals surface area contributed by atoms with E-state index in [4.69, 9.17) is 15.6 Å². The zero-order valence-corrected chi connectivity index (χ0v) is 18.1. The van der Waals surface area contributed by atoms with Gasteiger partial charge in [-0.25, -0.2) is 0 Å². The maximum Gasteiger partial charge on any atom is 0.322 e. The first-order valence-electron chi connectivity index (χ1n) is 11.4. The van der Waals surface area contributed by atoms with Gasteiger partial charge in [0.1, 0.15) is 12.6 Å². The van der Waals surface area contributed by atoms with E-state index in [1.54, 1.807) is 0 Å². The predicted octanol–water partition coefficient (Wildman–Crippen LogP) is 5.26. The predicted molar refractivity (Wildman–Crippen MR) is 122 cm³/mol. The first-order chi connectivity index (χ1) is 15.1. The molecule has 0 radical (unpaired) electrons. The summed E-state index contributed by atoms with van der Waals surface area (Å²) in [6, 6.07) is 16.0. The van der Waals surface area contributed by atoms with E-state index in [0.717, 1.165) is 44.9 Å². The number of hydrogen-bond acceptors (Lipinski definition) is 4. The van der Waals surface area contributed by atoms with Gasteiger partial charge in [0, 0.05) is 12.3 Å². The van der Waals surface area contributed by atoms with Crippen molar-refractivity contribution in [2.75, 3.05) is 6.61 Å². The van der Waals surface area contributed by atoms with Gasteiger partial charge in [-0.15, -0.1) is 0 Å². The second-order valence-electron chi connectivity index (χ2n) is 8.37. The molecule has 0 bridgehead atoms. The molecule has 1 aliphatic carbocycles. The van der Waals surface area contributed by atoms with Gasteiger partial charge in [-0.3, -0.25) is 9.59 Å². The first-order valence-corrected chi connectivity index (χ1v) is 11.4. The number of hydrogen-bond donors (Lipinski definition) is 2. The summed E-state index contributed by atoms with van der Waals surface area (Å²) in [6.07, 6.45) is 7.79. The monoisotopic (exact) mass is 423 g/mol. The van der Waals surface area contributed by atoms with E-state index >= 15 is 0 Å². The molecule has 0 fully saturated rings. The molecule has 0 saturated heterocycles. The molecule has 0 unspecified atom stereocenters. The normalized spacial score (nSPS) is 13.5. The zero-order chi connectivity index (χ0) is 22.1. The van der Waals surface area contributed by atoms with Gasteiger partial charge in [-0.2, -0.15) is 0 Å². The number of unbranched alkanes of at least 4 members (excludes halogenated alkanes) is 6. The van der Waals surface area contributed by atoms with Crippen LogP contribution in [-0.2, 0) is 14.3 Å². The van der Waals surface area contributed by atoms with Gasteiger partial charge in [0.25, 0.3) is 0 Å². The Hall–Kier alpha value is -2.66. The second-order valence-corrected chi connectivity index (χ2v) is 8.37. The van der Waals surface area contributed by atoms with Crippen molar-refractivity contribution >= 4 is 11.9 Å². The Balaban J connectivity index is 1.36. The molecule has 0 spiro atoms. The van der Waals surface area contributed by atoms with Crippen LogP contribution >= 0.6 is 0 Å². The van der Waals surface area contributed by atoms with Crippen molar-refractivity contribution in [3.05, 3.63) is 59.7 Å². The third kappa shape index (κ3) is 6.41. The molecule has 31 heavy (non-hydrogen) atoms. The number of carbonyl (C=O) groups is 2. The molecular formula is C26H33NO4. The zero-order valence-electron chi connectivity index (χ0n) is 18.1. The number of esters is 1. The van der Waals surface area contributed by atoms with Crippen molar-refractivity contribution in [2.24, 2.45) is 5.73 Å². The number of nitrogens with two attached hydrogens (primary N) is 1. The van der Waals surface area contributed by atoms with E-state index in [1.165, 1.54) is 22.3 Å². The number of carboxylic acid groups (broad SMARTS) is 1. The summed E-state index contributed by atoms with van der Waals surface area (Å²) in [5, 5.41) is 8.62. The third-order valence-electron chi connectivity index (χ3n) is 6.06. The van der Waals surface area contributed by atoms with E-state index in [2.05, 4.69) is 24.3 Å². The van der Waals surface area contributed by atoms with Crippen LogP contribution in [0.15, 0.2) is 48.5 Å². The van der Waals surface area contributed by atoms with Crippen molar-refractivity contribution in [2.45, 2.75) is 69.7 Å². The Bertz CT molecular complexity index is 834. The molecule has 3 rings (SSSR count). The van der Waals surface area contributed by atoms with Gasteiger partial charge >= 0.3 is 11.9 Å². The molecule has 0 aromatic heterocycles. The highest BCUT2D eigenvalue weighted by atomic mass is 16.5. The molecule has 0 heterocycles. The van der Waals surface area contributed by atoms with Gasteiger partial charge in [-0.1, -0.05) is 87.1 Å². The minimum Gasteiger partial charge on any atom is -0.481 e. The number of benzene rings is 2. The number of aliphatic carboxylic acids is 1. The van der Waals surface area contributed by atoms with Crippen LogP contribution in [0.4, 0.5) is 0 Å². The minimum absolute atomic E-state index is 0.0599. The summed E-state index contributed by atoms with van der Waals surface area (Å²) in [4.78, 5) is 22.9. The molecule has 2 aromatic carbocycles. The smallest absolute Gasteiger partial charge is 0.322 e. The fourth-order valence-electron chi connectivity index (χ4n) is 4.35. The lowest BCUT2D eigenvalue weighted by molar-refractivity contribution is -0.145. The van der Waals surface area contributed by atoms with Crippen LogP contribution < -0.4 is 5.73 Å². The summed E-state index contributed by atoms with van der Waals surface area (Å²) >= 11 is 0. The molecule has 166 valence electrons. The van der Waals surface area contributed by atoms with Crippen LogP contribution in [0.5, 0.6) is 0 Å². The summed E-state index contributed by atoms with van der Waals surface area (Å²) in [7, 11) is 0. The van der Waals surface area contributed by atoms with Gasteiger partial charge in [-0.05, 0) is 35.1 Å². The first kappa shape index (κ1) is 23.0. The van der Waals surface area contributed by atoms with Gasteiger partial charge < -0.3 is 15.6 Å². The number of rotatable bonds is 13. The standard InChI is InChI=1S/C26H33NO4/c27-24(16-6-4-2-1-3-5-7-17-25(28)29)26(30)31-18-23-21-14-10-8-12-19(21)20-13-9-11-15-22(20)23/h8-15,23-24H,1-7,16-18,27H2,(H,28,29)/t24-/m0/s1. The summed E-state index contributed by atoms with van der Waals surface area (Å²) in [5.41, 5.74) is 10.9. The Morgan fingerprint density at radius 1 is 0.839 bits per heavy atom. The van der Waals surface area contributed by atoms with E-state index in [1.807, 2.05) is 24.3 Å². The molecule has 2 aromatic rings. The minimum atomic E-state index is -0.720. The van der Waals surface area contributed by atoms with E-state index in [9.17, 15) is 9.59 Å². The van der Waals surface area contributed by atoms with Crippen LogP contribution in [0, 0.1) is 0 Å². The lowest BCUT2D eigenvalue weighted by Crippen LogP contribution is -2.33. The van der Waals surface area contributed by atoms with Crippen LogP contribution in [0.2, 0.25) is 0 Å². The maximum absolute atomic E-state index is 12.4.